The van der Waals surface area contributed by atoms with Crippen molar-refractivity contribution >= 4 is 33.5 Å². The number of benzene rings is 6. The zero-order chi connectivity index (χ0) is 30.1. The van der Waals surface area contributed by atoms with Crippen molar-refractivity contribution in [2.24, 2.45) is 0 Å². The van der Waals surface area contributed by atoms with Gasteiger partial charge >= 0.3 is 11.9 Å². The predicted molar refractivity (Wildman–Crippen MR) is 172 cm³/mol. The Morgan fingerprint density at radius 1 is 0.488 bits per heavy atom. The van der Waals surface area contributed by atoms with Gasteiger partial charge < -0.3 is 9.47 Å². The van der Waals surface area contributed by atoms with E-state index in [-0.39, 0.29) is 0 Å². The van der Waals surface area contributed by atoms with Crippen LogP contribution >= 0.6 is 0 Å². The summed E-state index contributed by atoms with van der Waals surface area (Å²) in [5.41, 5.74) is 6.96. The fourth-order valence-corrected chi connectivity index (χ4v) is 5.42. The largest absolute Gasteiger partial charge is 0.423 e. The van der Waals surface area contributed by atoms with E-state index in [0.717, 1.165) is 54.9 Å². The first-order valence-electron chi connectivity index (χ1n) is 14.4. The Bertz CT molecular complexity index is 1890. The van der Waals surface area contributed by atoms with E-state index in [1.165, 1.54) is 0 Å². The number of fused-ring (bicyclic) bond motifs is 2. The maximum Gasteiger partial charge on any atom is 0.343 e. The van der Waals surface area contributed by atoms with Crippen LogP contribution in [0.5, 0.6) is 11.5 Å². The van der Waals surface area contributed by atoms with Gasteiger partial charge in [-0.1, -0.05) is 72.8 Å². The molecule has 0 aliphatic carbocycles. The molecule has 0 saturated heterocycles. The smallest absolute Gasteiger partial charge is 0.343 e. The monoisotopic (exact) mass is 564 g/mol. The normalized spacial score (nSPS) is 11.1. The van der Waals surface area contributed by atoms with Gasteiger partial charge in [-0.2, -0.15) is 0 Å². The van der Waals surface area contributed by atoms with E-state index in [1.54, 1.807) is 12.1 Å². The van der Waals surface area contributed by atoms with Crippen LogP contribution in [0, 0.1) is 27.7 Å². The molecular formula is C39H32O4. The standard InChI is InChI=1S/C39H32O4/c1-24-13-15-30(21-26(24)3)38(40)42-36-19-17-28-9-5-7-11-32(28)34(36)23-35-33-12-8-6-10-29(33)18-20-37(35)43-39(41)31-16-14-25(2)27(4)22-31/h5-22H,23H2,1-4H3. The van der Waals surface area contributed by atoms with Gasteiger partial charge in [-0.3, -0.25) is 0 Å². The van der Waals surface area contributed by atoms with Crippen LogP contribution in [0.15, 0.2) is 109 Å². The van der Waals surface area contributed by atoms with Crippen LogP contribution < -0.4 is 9.47 Å². The second kappa shape index (κ2) is 11.6. The number of carbonyl (C=O) groups is 2. The van der Waals surface area contributed by atoms with Crippen LogP contribution in [-0.2, 0) is 6.42 Å². The molecule has 0 unspecified atom stereocenters. The van der Waals surface area contributed by atoms with Crippen LogP contribution in [-0.4, -0.2) is 11.9 Å². The first-order valence-corrected chi connectivity index (χ1v) is 14.4. The van der Waals surface area contributed by atoms with Crippen LogP contribution in [0.2, 0.25) is 0 Å². The number of carbonyl (C=O) groups excluding carboxylic acids is 2. The molecule has 0 aliphatic rings. The molecule has 0 aromatic heterocycles. The second-order valence-corrected chi connectivity index (χ2v) is 11.1. The van der Waals surface area contributed by atoms with Gasteiger partial charge in [0.1, 0.15) is 11.5 Å². The number of hydrogen-bond donors (Lipinski definition) is 0. The van der Waals surface area contributed by atoms with Crippen molar-refractivity contribution < 1.29 is 19.1 Å². The number of aryl methyl sites for hydroxylation is 4. The minimum atomic E-state index is -0.418. The molecule has 6 aromatic rings. The van der Waals surface area contributed by atoms with Gasteiger partial charge in [-0.15, -0.1) is 0 Å². The van der Waals surface area contributed by atoms with E-state index in [0.29, 0.717) is 29.0 Å². The molecule has 0 spiro atoms. The Kier molecular flexibility index (Phi) is 7.52. The van der Waals surface area contributed by atoms with E-state index >= 15 is 0 Å². The molecule has 6 aromatic carbocycles. The fraction of sp³-hybridized carbons (Fsp3) is 0.128. The van der Waals surface area contributed by atoms with Crippen molar-refractivity contribution in [3.63, 3.8) is 0 Å². The fourth-order valence-electron chi connectivity index (χ4n) is 5.42. The highest BCUT2D eigenvalue weighted by Crippen LogP contribution is 2.37. The minimum absolute atomic E-state index is 0.383. The van der Waals surface area contributed by atoms with Gasteiger partial charge in [0.15, 0.2) is 0 Å². The average Bonchev–Trinajstić information content (AvgIpc) is 3.01. The lowest BCUT2D eigenvalue weighted by molar-refractivity contribution is 0.0726. The zero-order valence-electron chi connectivity index (χ0n) is 24.7. The van der Waals surface area contributed by atoms with E-state index in [1.807, 2.05) is 125 Å². The van der Waals surface area contributed by atoms with E-state index in [2.05, 4.69) is 0 Å². The lowest BCUT2D eigenvalue weighted by Crippen LogP contribution is -2.12. The molecule has 0 amide bonds. The van der Waals surface area contributed by atoms with Crippen LogP contribution in [0.1, 0.15) is 54.1 Å². The summed E-state index contributed by atoms with van der Waals surface area (Å²) < 4.78 is 12.2. The molecular weight excluding hydrogens is 532 g/mol. The topological polar surface area (TPSA) is 52.6 Å². The van der Waals surface area contributed by atoms with Crippen molar-refractivity contribution in [3.8, 4) is 11.5 Å². The van der Waals surface area contributed by atoms with Crippen molar-refractivity contribution in [2.45, 2.75) is 34.1 Å². The molecule has 0 heterocycles. The summed E-state index contributed by atoms with van der Waals surface area (Å²) in [6.45, 7) is 7.99. The molecule has 6 rings (SSSR count). The zero-order valence-corrected chi connectivity index (χ0v) is 24.7. The molecule has 0 bridgehead atoms. The molecule has 4 heteroatoms. The summed E-state index contributed by atoms with van der Waals surface area (Å²) in [4.78, 5) is 26.7. The lowest BCUT2D eigenvalue weighted by Gasteiger charge is -2.18. The number of esters is 2. The molecule has 0 atom stereocenters. The third kappa shape index (κ3) is 5.64. The number of hydrogen-bond acceptors (Lipinski definition) is 4. The number of rotatable bonds is 6. The van der Waals surface area contributed by atoms with Gasteiger partial charge in [-0.05, 0) is 108 Å². The Labute approximate surface area is 251 Å². The van der Waals surface area contributed by atoms with Crippen molar-refractivity contribution in [1.29, 1.82) is 0 Å². The molecule has 0 saturated carbocycles. The van der Waals surface area contributed by atoms with Crippen molar-refractivity contribution in [1.82, 2.24) is 0 Å². The molecule has 0 radical (unpaired) electrons. The summed E-state index contributed by atoms with van der Waals surface area (Å²) in [5.74, 6) is 0.112. The molecule has 4 nitrogen and oxygen atoms in total. The van der Waals surface area contributed by atoms with Crippen LogP contribution in [0.4, 0.5) is 0 Å². The van der Waals surface area contributed by atoms with E-state index < -0.39 is 11.9 Å². The lowest BCUT2D eigenvalue weighted by atomic mass is 9.93. The van der Waals surface area contributed by atoms with E-state index in [9.17, 15) is 9.59 Å². The summed E-state index contributed by atoms with van der Waals surface area (Å²) in [6.07, 6.45) is 0.383. The molecule has 212 valence electrons. The van der Waals surface area contributed by atoms with Crippen LogP contribution in [0.25, 0.3) is 21.5 Å². The van der Waals surface area contributed by atoms with Gasteiger partial charge in [0.25, 0.3) is 0 Å². The third-order valence-electron chi connectivity index (χ3n) is 8.24. The minimum Gasteiger partial charge on any atom is -0.423 e. The first-order chi connectivity index (χ1) is 20.8. The maximum absolute atomic E-state index is 13.4. The van der Waals surface area contributed by atoms with Crippen molar-refractivity contribution in [3.05, 3.63) is 154 Å². The van der Waals surface area contributed by atoms with Crippen LogP contribution in [0.3, 0.4) is 0 Å². The van der Waals surface area contributed by atoms with Gasteiger partial charge in [0.2, 0.25) is 0 Å². The Hall–Kier alpha value is -5.22. The highest BCUT2D eigenvalue weighted by atomic mass is 16.5. The van der Waals surface area contributed by atoms with Gasteiger partial charge in [0, 0.05) is 17.5 Å². The molecule has 0 aliphatic heterocycles. The predicted octanol–water partition coefficient (Wildman–Crippen LogP) is 9.26. The van der Waals surface area contributed by atoms with Gasteiger partial charge in [0.05, 0.1) is 11.1 Å². The third-order valence-corrected chi connectivity index (χ3v) is 8.24. The van der Waals surface area contributed by atoms with Gasteiger partial charge in [-0.25, -0.2) is 9.59 Å². The molecule has 0 N–H and O–H groups in total. The summed E-state index contributed by atoms with van der Waals surface area (Å²) >= 11 is 0. The Morgan fingerprint density at radius 3 is 1.33 bits per heavy atom. The number of ether oxygens (including phenoxy) is 2. The maximum atomic E-state index is 13.4. The second-order valence-electron chi connectivity index (χ2n) is 11.1. The highest BCUT2D eigenvalue weighted by molar-refractivity contribution is 5.96. The Balaban J connectivity index is 1.45. The van der Waals surface area contributed by atoms with E-state index in [4.69, 9.17) is 9.47 Å². The summed E-state index contributed by atoms with van der Waals surface area (Å²) in [7, 11) is 0. The summed E-state index contributed by atoms with van der Waals surface area (Å²) in [5, 5.41) is 3.98. The quantitative estimate of drug-likeness (QED) is 0.149. The highest BCUT2D eigenvalue weighted by Gasteiger charge is 2.20. The SMILES string of the molecule is Cc1ccc(C(=O)Oc2ccc3ccccc3c2Cc2c(OC(=O)c3ccc(C)c(C)c3)ccc3ccccc23)cc1C. The molecule has 43 heavy (non-hydrogen) atoms. The molecule has 0 fully saturated rings. The Morgan fingerprint density at radius 2 is 0.907 bits per heavy atom. The summed E-state index contributed by atoms with van der Waals surface area (Å²) in [6, 6.07) is 34.9. The average molecular weight is 565 g/mol. The van der Waals surface area contributed by atoms with Crippen molar-refractivity contribution in [2.75, 3.05) is 0 Å². The first kappa shape index (κ1) is 27.9.